The van der Waals surface area contributed by atoms with Crippen LogP contribution in [0.3, 0.4) is 0 Å². The van der Waals surface area contributed by atoms with Crippen molar-refractivity contribution in [1.29, 1.82) is 0 Å². The van der Waals surface area contributed by atoms with Crippen LogP contribution in [0.5, 0.6) is 0 Å². The van der Waals surface area contributed by atoms with Gasteiger partial charge >= 0.3 is 0 Å². The van der Waals surface area contributed by atoms with Gasteiger partial charge in [0.05, 0.1) is 4.92 Å². The highest BCUT2D eigenvalue weighted by Gasteiger charge is 2.10. The van der Waals surface area contributed by atoms with Crippen molar-refractivity contribution in [3.63, 3.8) is 0 Å². The molecule has 0 saturated heterocycles. The lowest BCUT2D eigenvalue weighted by Crippen LogP contribution is -2.00. The van der Waals surface area contributed by atoms with Crippen LogP contribution in [-0.2, 0) is 6.54 Å². The van der Waals surface area contributed by atoms with Crippen LogP contribution in [-0.4, -0.2) is 15.1 Å². The largest absolute Gasteiger partial charge is 0.356 e. The molecule has 0 aliphatic carbocycles. The molecule has 0 radical (unpaired) electrons. The van der Waals surface area contributed by atoms with Gasteiger partial charge in [0.2, 0.25) is 5.13 Å². The van der Waals surface area contributed by atoms with Crippen LogP contribution >= 0.6 is 11.3 Å². The van der Waals surface area contributed by atoms with Crippen molar-refractivity contribution in [2.24, 2.45) is 0 Å². The van der Waals surface area contributed by atoms with Crippen molar-refractivity contribution >= 4 is 22.2 Å². The van der Waals surface area contributed by atoms with Gasteiger partial charge in [-0.25, -0.2) is 0 Å². The molecule has 1 aromatic carbocycles. The lowest BCUT2D eigenvalue weighted by molar-refractivity contribution is -0.385. The van der Waals surface area contributed by atoms with Crippen LogP contribution in [0.1, 0.15) is 11.1 Å². The van der Waals surface area contributed by atoms with Crippen molar-refractivity contribution in [3.8, 4) is 0 Å². The minimum absolute atomic E-state index is 0.140. The van der Waals surface area contributed by atoms with E-state index in [0.717, 1.165) is 5.56 Å². The summed E-state index contributed by atoms with van der Waals surface area (Å²) in [6.07, 6.45) is 0. The van der Waals surface area contributed by atoms with E-state index in [4.69, 9.17) is 0 Å². The number of nitro benzene ring substituents is 1. The molecule has 2 aromatic rings. The Hall–Kier alpha value is -2.02. The third-order valence-electron chi connectivity index (χ3n) is 2.27. The van der Waals surface area contributed by atoms with Gasteiger partial charge in [-0.05, 0) is 12.5 Å². The summed E-state index contributed by atoms with van der Waals surface area (Å²) in [6.45, 7) is 2.22. The average Bonchev–Trinajstić information content (AvgIpc) is 2.80. The number of aromatic nitrogens is 2. The molecule has 0 amide bonds. The summed E-state index contributed by atoms with van der Waals surface area (Å²) in [6, 6.07) is 5.18. The second-order valence-electron chi connectivity index (χ2n) is 3.48. The van der Waals surface area contributed by atoms with E-state index in [1.54, 1.807) is 24.6 Å². The Kier molecular flexibility index (Phi) is 3.29. The van der Waals surface area contributed by atoms with Gasteiger partial charge in [-0.3, -0.25) is 10.1 Å². The fourth-order valence-electron chi connectivity index (χ4n) is 1.39. The molecule has 7 heteroatoms. The van der Waals surface area contributed by atoms with E-state index in [9.17, 15) is 10.1 Å². The number of anilines is 1. The van der Waals surface area contributed by atoms with Crippen LogP contribution in [0.25, 0.3) is 0 Å². The average molecular weight is 250 g/mol. The van der Waals surface area contributed by atoms with Crippen LogP contribution in [0, 0.1) is 17.0 Å². The minimum Gasteiger partial charge on any atom is -0.356 e. The van der Waals surface area contributed by atoms with Crippen molar-refractivity contribution in [1.82, 2.24) is 10.2 Å². The van der Waals surface area contributed by atoms with Crippen LogP contribution < -0.4 is 5.32 Å². The zero-order chi connectivity index (χ0) is 12.3. The zero-order valence-electron chi connectivity index (χ0n) is 9.08. The molecule has 0 aliphatic heterocycles. The third kappa shape index (κ3) is 2.76. The third-order valence-corrected chi connectivity index (χ3v) is 2.92. The Morgan fingerprint density at radius 3 is 3.00 bits per heavy atom. The van der Waals surface area contributed by atoms with Gasteiger partial charge in [-0.2, -0.15) is 0 Å². The summed E-state index contributed by atoms with van der Waals surface area (Å²) in [5, 5.41) is 22.0. The number of aryl methyl sites for hydroxylation is 1. The van der Waals surface area contributed by atoms with E-state index >= 15 is 0 Å². The Bertz CT molecular complexity index is 527. The van der Waals surface area contributed by atoms with Crippen LogP contribution in [0.15, 0.2) is 23.7 Å². The molecule has 1 heterocycles. The minimum atomic E-state index is -0.371. The predicted octanol–water partition coefficient (Wildman–Crippen LogP) is 2.37. The van der Waals surface area contributed by atoms with Gasteiger partial charge in [0.1, 0.15) is 5.51 Å². The molecule has 88 valence electrons. The highest BCUT2D eigenvalue weighted by Crippen LogP contribution is 2.20. The lowest BCUT2D eigenvalue weighted by Gasteiger charge is -2.03. The molecule has 6 nitrogen and oxygen atoms in total. The molecule has 0 aliphatic rings. The molecule has 0 unspecified atom stereocenters. The molecule has 0 saturated carbocycles. The van der Waals surface area contributed by atoms with E-state index in [1.807, 2.05) is 6.07 Å². The molecule has 1 aromatic heterocycles. The Morgan fingerprint density at radius 2 is 2.35 bits per heavy atom. The molecular weight excluding hydrogens is 240 g/mol. The predicted molar refractivity (Wildman–Crippen MR) is 65.1 cm³/mol. The Morgan fingerprint density at radius 1 is 1.53 bits per heavy atom. The lowest BCUT2D eigenvalue weighted by atomic mass is 10.1. The Labute approximate surface area is 101 Å². The summed E-state index contributed by atoms with van der Waals surface area (Å²) in [5.41, 5.74) is 3.27. The quantitative estimate of drug-likeness (QED) is 0.665. The first-order valence-corrected chi connectivity index (χ1v) is 5.79. The number of nitro groups is 1. The maximum atomic E-state index is 10.8. The maximum absolute atomic E-state index is 10.8. The van der Waals surface area contributed by atoms with Gasteiger partial charge in [0, 0.05) is 18.2 Å². The van der Waals surface area contributed by atoms with E-state index in [2.05, 4.69) is 15.5 Å². The summed E-state index contributed by atoms with van der Waals surface area (Å²) in [5.74, 6) is 0. The molecule has 17 heavy (non-hydrogen) atoms. The Balaban J connectivity index is 2.11. The van der Waals surface area contributed by atoms with Crippen molar-refractivity contribution < 1.29 is 4.92 Å². The number of nitrogens with zero attached hydrogens (tertiary/aromatic N) is 3. The summed E-state index contributed by atoms with van der Waals surface area (Å²) in [4.78, 5) is 10.4. The van der Waals surface area contributed by atoms with E-state index in [-0.39, 0.29) is 10.6 Å². The van der Waals surface area contributed by atoms with Crippen LogP contribution in [0.2, 0.25) is 0 Å². The molecule has 0 bridgehead atoms. The summed E-state index contributed by atoms with van der Waals surface area (Å²) >= 11 is 1.39. The first kappa shape index (κ1) is 11.5. The summed E-state index contributed by atoms with van der Waals surface area (Å²) < 4.78 is 0. The van der Waals surface area contributed by atoms with Gasteiger partial charge in [-0.1, -0.05) is 23.5 Å². The van der Waals surface area contributed by atoms with Crippen molar-refractivity contribution in [3.05, 3.63) is 45.0 Å². The van der Waals surface area contributed by atoms with E-state index < -0.39 is 0 Å². The molecule has 0 atom stereocenters. The number of benzene rings is 1. The molecule has 1 N–H and O–H groups in total. The monoisotopic (exact) mass is 250 g/mol. The van der Waals surface area contributed by atoms with Gasteiger partial charge in [0.25, 0.3) is 5.69 Å². The SMILES string of the molecule is Cc1ccc(CNc2nncs2)cc1[N+](=O)[O-]. The molecule has 0 fully saturated rings. The van der Waals surface area contributed by atoms with Gasteiger partial charge in [0.15, 0.2) is 0 Å². The first-order chi connectivity index (χ1) is 8.16. The summed E-state index contributed by atoms with van der Waals surface area (Å²) in [7, 11) is 0. The number of rotatable bonds is 4. The van der Waals surface area contributed by atoms with Crippen molar-refractivity contribution in [2.75, 3.05) is 5.32 Å². The second kappa shape index (κ2) is 4.88. The smallest absolute Gasteiger partial charge is 0.272 e. The number of hydrogen-bond acceptors (Lipinski definition) is 6. The molecule has 0 spiro atoms. The normalized spacial score (nSPS) is 10.2. The molecular formula is C10H10N4O2S. The first-order valence-electron chi connectivity index (χ1n) is 4.91. The van der Waals surface area contributed by atoms with Gasteiger partial charge < -0.3 is 5.32 Å². The highest BCUT2D eigenvalue weighted by molar-refractivity contribution is 7.13. The highest BCUT2D eigenvalue weighted by atomic mass is 32.1. The number of hydrogen-bond donors (Lipinski definition) is 1. The standard InChI is InChI=1S/C10H10N4O2S/c1-7-2-3-8(4-9(7)14(15)16)5-11-10-13-12-6-17-10/h2-4,6H,5H2,1H3,(H,11,13). The molecule has 2 rings (SSSR count). The van der Waals surface area contributed by atoms with Gasteiger partial charge in [-0.15, -0.1) is 10.2 Å². The fourth-order valence-corrected chi connectivity index (χ4v) is 1.83. The van der Waals surface area contributed by atoms with Crippen LogP contribution in [0.4, 0.5) is 10.8 Å². The van der Waals surface area contributed by atoms with E-state index in [0.29, 0.717) is 17.2 Å². The second-order valence-corrected chi connectivity index (χ2v) is 4.31. The maximum Gasteiger partial charge on any atom is 0.272 e. The topological polar surface area (TPSA) is 81.0 Å². The zero-order valence-corrected chi connectivity index (χ0v) is 9.90. The number of nitrogens with one attached hydrogen (secondary N) is 1. The van der Waals surface area contributed by atoms with Crippen molar-refractivity contribution in [2.45, 2.75) is 13.5 Å². The van der Waals surface area contributed by atoms with E-state index in [1.165, 1.54) is 11.3 Å². The fraction of sp³-hybridized carbons (Fsp3) is 0.200.